The van der Waals surface area contributed by atoms with Crippen molar-refractivity contribution in [3.63, 3.8) is 0 Å². The van der Waals surface area contributed by atoms with E-state index in [9.17, 15) is 27.6 Å². The lowest BCUT2D eigenvalue weighted by molar-refractivity contribution is -0.137. The average Bonchev–Trinajstić information content (AvgIpc) is 3.82. The standard InChI is InChI=1S/C26H28ClF3N4O4S/c27-22-8-7-21(39-22)25(37)31-12-20(34(17-4-5-17)13-15-1-2-15)24(36)32-16-3-6-19(18(11-16)26(28,29)30)33-9-10-38-14-23(33)35/h3,6-8,11,15,17,20H,1-2,4-5,9-10,12-14H2,(H,31,37)(H,32,36)/t20-/m0/s1. The van der Waals surface area contributed by atoms with Crippen LogP contribution in [0.3, 0.4) is 0 Å². The zero-order chi connectivity index (χ0) is 27.7. The summed E-state index contributed by atoms with van der Waals surface area (Å²) in [5.74, 6) is -0.970. The van der Waals surface area contributed by atoms with Gasteiger partial charge in [-0.25, -0.2) is 0 Å². The number of nitrogens with one attached hydrogen (secondary N) is 2. The van der Waals surface area contributed by atoms with E-state index in [1.54, 1.807) is 12.1 Å². The number of halogens is 4. The molecule has 3 amide bonds. The van der Waals surface area contributed by atoms with Gasteiger partial charge in [0.1, 0.15) is 12.6 Å². The van der Waals surface area contributed by atoms with Gasteiger partial charge < -0.3 is 20.3 Å². The molecule has 1 aliphatic heterocycles. The first kappa shape index (κ1) is 27.9. The molecular weight excluding hydrogens is 557 g/mol. The molecule has 0 spiro atoms. The summed E-state index contributed by atoms with van der Waals surface area (Å²) in [5.41, 5.74) is -1.34. The summed E-state index contributed by atoms with van der Waals surface area (Å²) in [4.78, 5) is 42.0. The smallest absolute Gasteiger partial charge is 0.370 e. The van der Waals surface area contributed by atoms with Gasteiger partial charge in [0, 0.05) is 31.4 Å². The monoisotopic (exact) mass is 584 g/mol. The van der Waals surface area contributed by atoms with E-state index in [4.69, 9.17) is 16.3 Å². The van der Waals surface area contributed by atoms with E-state index in [-0.39, 0.29) is 49.6 Å². The minimum absolute atomic E-state index is 0.00234. The SMILES string of the molecule is O=C(NC[C@@H](C(=O)Nc1ccc(N2CCOCC2=O)c(C(F)(F)F)c1)N(CC1CC1)C1CC1)c1ccc(Cl)s1. The molecule has 1 saturated heterocycles. The van der Waals surface area contributed by atoms with Gasteiger partial charge in [-0.15, -0.1) is 11.3 Å². The maximum atomic E-state index is 14.0. The number of carbonyl (C=O) groups excluding carboxylic acids is 3. The maximum Gasteiger partial charge on any atom is 0.418 e. The fourth-order valence-corrected chi connectivity index (χ4v) is 5.64. The highest BCUT2D eigenvalue weighted by Crippen LogP contribution is 2.39. The van der Waals surface area contributed by atoms with Gasteiger partial charge in [0.05, 0.1) is 27.1 Å². The number of alkyl halides is 3. The number of thiophene rings is 1. The van der Waals surface area contributed by atoms with Gasteiger partial charge in [-0.2, -0.15) is 13.2 Å². The third kappa shape index (κ3) is 6.92. The highest BCUT2D eigenvalue weighted by molar-refractivity contribution is 7.18. The highest BCUT2D eigenvalue weighted by atomic mass is 35.5. The number of anilines is 2. The Labute approximate surface area is 232 Å². The van der Waals surface area contributed by atoms with E-state index >= 15 is 0 Å². The molecule has 0 unspecified atom stereocenters. The van der Waals surface area contributed by atoms with E-state index < -0.39 is 29.6 Å². The van der Waals surface area contributed by atoms with Gasteiger partial charge >= 0.3 is 6.18 Å². The summed E-state index contributed by atoms with van der Waals surface area (Å²) in [6.45, 7) is 0.525. The van der Waals surface area contributed by atoms with Gasteiger partial charge in [-0.3, -0.25) is 19.3 Å². The molecule has 13 heteroatoms. The van der Waals surface area contributed by atoms with Crippen LogP contribution in [0.1, 0.15) is 40.9 Å². The van der Waals surface area contributed by atoms with Crippen LogP contribution in [0.25, 0.3) is 0 Å². The van der Waals surface area contributed by atoms with Crippen molar-refractivity contribution in [2.75, 3.05) is 43.1 Å². The zero-order valence-corrected chi connectivity index (χ0v) is 22.5. The van der Waals surface area contributed by atoms with Crippen molar-refractivity contribution in [1.29, 1.82) is 0 Å². The fourth-order valence-electron chi connectivity index (χ4n) is 4.68. The number of morpholine rings is 1. The predicted octanol–water partition coefficient (Wildman–Crippen LogP) is 4.40. The Morgan fingerprint density at radius 1 is 1.18 bits per heavy atom. The van der Waals surface area contributed by atoms with Crippen molar-refractivity contribution in [2.24, 2.45) is 5.92 Å². The summed E-state index contributed by atoms with van der Waals surface area (Å²) >= 11 is 7.06. The average molecular weight is 585 g/mol. The quantitative estimate of drug-likeness (QED) is 0.432. The van der Waals surface area contributed by atoms with Gasteiger partial charge in [0.15, 0.2) is 0 Å². The maximum absolute atomic E-state index is 14.0. The molecule has 39 heavy (non-hydrogen) atoms. The number of benzene rings is 1. The third-order valence-electron chi connectivity index (χ3n) is 6.98. The molecular formula is C26H28ClF3N4O4S. The van der Waals surface area contributed by atoms with Gasteiger partial charge in [0.25, 0.3) is 11.8 Å². The lowest BCUT2D eigenvalue weighted by Gasteiger charge is -2.32. The first-order valence-corrected chi connectivity index (χ1v) is 14.0. The topological polar surface area (TPSA) is 91.0 Å². The van der Waals surface area contributed by atoms with Crippen molar-refractivity contribution < 1.29 is 32.3 Å². The Morgan fingerprint density at radius 2 is 1.95 bits per heavy atom. The molecule has 0 bridgehead atoms. The Bertz CT molecular complexity index is 1250. The van der Waals surface area contributed by atoms with Crippen molar-refractivity contribution >= 4 is 52.0 Å². The van der Waals surface area contributed by atoms with E-state index in [1.165, 1.54) is 12.1 Å². The molecule has 2 N–H and O–H groups in total. The summed E-state index contributed by atoms with van der Waals surface area (Å²) in [7, 11) is 0. The van der Waals surface area contributed by atoms with E-state index in [2.05, 4.69) is 15.5 Å². The summed E-state index contributed by atoms with van der Waals surface area (Å²) in [6, 6.07) is 6.03. The second-order valence-corrected chi connectivity index (χ2v) is 11.7. The summed E-state index contributed by atoms with van der Waals surface area (Å²) < 4.78 is 47.6. The van der Waals surface area contributed by atoms with Crippen LogP contribution in [0.4, 0.5) is 24.5 Å². The minimum atomic E-state index is -4.75. The molecule has 5 rings (SSSR count). The molecule has 2 heterocycles. The lowest BCUT2D eigenvalue weighted by atomic mass is 10.1. The molecule has 2 saturated carbocycles. The molecule has 3 fully saturated rings. The largest absolute Gasteiger partial charge is 0.418 e. The Morgan fingerprint density at radius 3 is 2.56 bits per heavy atom. The molecule has 0 radical (unpaired) electrons. The van der Waals surface area contributed by atoms with Crippen LogP contribution in [-0.2, 0) is 20.5 Å². The number of carbonyl (C=O) groups is 3. The van der Waals surface area contributed by atoms with Gasteiger partial charge in [0.2, 0.25) is 5.91 Å². The highest BCUT2D eigenvalue weighted by Gasteiger charge is 2.41. The number of hydrogen-bond acceptors (Lipinski definition) is 6. The van der Waals surface area contributed by atoms with Crippen molar-refractivity contribution in [3.05, 3.63) is 45.1 Å². The molecule has 1 aromatic carbocycles. The van der Waals surface area contributed by atoms with E-state index in [1.807, 2.05) is 0 Å². The number of nitrogens with zero attached hydrogens (tertiary/aromatic N) is 2. The second-order valence-electron chi connectivity index (χ2n) is 10.0. The molecule has 2 aromatic rings. The van der Waals surface area contributed by atoms with Crippen LogP contribution in [0.5, 0.6) is 0 Å². The zero-order valence-electron chi connectivity index (χ0n) is 20.9. The third-order valence-corrected chi connectivity index (χ3v) is 8.21. The number of hydrogen-bond donors (Lipinski definition) is 2. The van der Waals surface area contributed by atoms with Crippen molar-refractivity contribution in [2.45, 2.75) is 43.9 Å². The van der Waals surface area contributed by atoms with E-state index in [0.717, 1.165) is 48.0 Å². The molecule has 2 aliphatic carbocycles. The summed E-state index contributed by atoms with van der Waals surface area (Å²) in [5, 5.41) is 5.44. The van der Waals surface area contributed by atoms with Crippen LogP contribution >= 0.6 is 22.9 Å². The Balaban J connectivity index is 1.37. The number of ether oxygens (including phenoxy) is 1. The van der Waals surface area contributed by atoms with Gasteiger partial charge in [-0.1, -0.05) is 11.6 Å². The Hall–Kier alpha value is -2.67. The van der Waals surface area contributed by atoms with Crippen molar-refractivity contribution in [1.82, 2.24) is 10.2 Å². The molecule has 8 nitrogen and oxygen atoms in total. The van der Waals surface area contributed by atoms with Gasteiger partial charge in [-0.05, 0) is 61.9 Å². The van der Waals surface area contributed by atoms with Crippen LogP contribution in [0.2, 0.25) is 4.34 Å². The minimum Gasteiger partial charge on any atom is -0.370 e. The Kier molecular flexibility index (Phi) is 8.18. The van der Waals surface area contributed by atoms with Crippen LogP contribution in [0, 0.1) is 5.92 Å². The number of rotatable bonds is 10. The molecule has 210 valence electrons. The molecule has 1 aromatic heterocycles. The molecule has 1 atom stereocenters. The van der Waals surface area contributed by atoms with E-state index in [0.29, 0.717) is 21.7 Å². The normalized spacial score (nSPS) is 18.8. The second kappa shape index (κ2) is 11.4. The summed E-state index contributed by atoms with van der Waals surface area (Å²) in [6.07, 6.45) is -0.782. The number of amides is 3. The first-order chi connectivity index (χ1) is 18.6. The fraction of sp³-hybridized carbons (Fsp3) is 0.500. The van der Waals surface area contributed by atoms with Crippen LogP contribution in [-0.4, -0.2) is 67.6 Å². The first-order valence-electron chi connectivity index (χ1n) is 12.8. The van der Waals surface area contributed by atoms with Crippen LogP contribution in [0.15, 0.2) is 30.3 Å². The lowest BCUT2D eigenvalue weighted by Crippen LogP contribution is -2.52. The predicted molar refractivity (Wildman–Crippen MR) is 141 cm³/mol. The molecule has 3 aliphatic rings. The van der Waals surface area contributed by atoms with Crippen molar-refractivity contribution in [3.8, 4) is 0 Å². The van der Waals surface area contributed by atoms with Crippen LogP contribution < -0.4 is 15.5 Å².